The third-order valence-corrected chi connectivity index (χ3v) is 6.57. The number of likely N-dealkylation sites (N-methyl/N-ethyl adjacent to an activating group) is 1. The number of carbonyl (C=O) groups excluding carboxylic acids is 1. The lowest BCUT2D eigenvalue weighted by Gasteiger charge is -2.36. The highest BCUT2D eigenvalue weighted by atomic mass is 19.1. The molecule has 0 bridgehead atoms. The molecule has 3 aromatic heterocycles. The zero-order valence-corrected chi connectivity index (χ0v) is 23.1. The number of carbonyl (C=O) groups is 1. The third-order valence-electron chi connectivity index (χ3n) is 6.57. The standard InChI is InChI=1S/C26H34FN11O3/c1-35(2)9-7-29-22(39)17-41-18-5-6-20(19(27)16-18)37-13-11-36(12-14-37)10-8-30-25-32-24(28)38-26(33-25)31-23(34-38)21-4-3-15-40-21/h3-6,15-16H,7-14,17H2,1-2H3,(H,29,39)(H3,28,30,31,32,33,34). The molecule has 0 spiro atoms. The average Bonchev–Trinajstić information content (AvgIpc) is 3.63. The highest BCUT2D eigenvalue weighted by Crippen LogP contribution is 2.25. The van der Waals surface area contributed by atoms with Crippen LogP contribution in [0.1, 0.15) is 0 Å². The predicted octanol–water partition coefficient (Wildman–Crippen LogP) is 0.791. The van der Waals surface area contributed by atoms with Gasteiger partial charge in [0.05, 0.1) is 12.0 Å². The van der Waals surface area contributed by atoms with Gasteiger partial charge in [0.1, 0.15) is 11.6 Å². The molecule has 0 aliphatic carbocycles. The van der Waals surface area contributed by atoms with E-state index in [-0.39, 0.29) is 24.3 Å². The summed E-state index contributed by atoms with van der Waals surface area (Å²) < 4.78 is 27.0. The van der Waals surface area contributed by atoms with E-state index in [1.165, 1.54) is 10.6 Å². The van der Waals surface area contributed by atoms with Gasteiger partial charge in [-0.3, -0.25) is 9.69 Å². The normalized spacial score (nSPS) is 14.1. The van der Waals surface area contributed by atoms with Crippen LogP contribution in [0, 0.1) is 5.82 Å². The Morgan fingerprint density at radius 3 is 2.71 bits per heavy atom. The molecular weight excluding hydrogens is 533 g/mol. The largest absolute Gasteiger partial charge is 0.484 e. The molecule has 0 unspecified atom stereocenters. The van der Waals surface area contributed by atoms with Crippen LogP contribution < -0.4 is 26.0 Å². The molecule has 1 aromatic carbocycles. The van der Waals surface area contributed by atoms with Crippen LogP contribution in [-0.4, -0.2) is 113 Å². The van der Waals surface area contributed by atoms with Crippen molar-refractivity contribution in [3.63, 3.8) is 0 Å². The molecule has 4 heterocycles. The average molecular weight is 568 g/mol. The Kier molecular flexibility index (Phi) is 8.74. The number of nitrogens with two attached hydrogens (primary N) is 1. The monoisotopic (exact) mass is 567 g/mol. The van der Waals surface area contributed by atoms with Crippen molar-refractivity contribution in [3.05, 3.63) is 42.4 Å². The van der Waals surface area contributed by atoms with Crippen LogP contribution in [0.2, 0.25) is 0 Å². The van der Waals surface area contributed by atoms with Gasteiger partial charge in [0, 0.05) is 58.4 Å². The maximum absolute atomic E-state index is 14.9. The van der Waals surface area contributed by atoms with Crippen molar-refractivity contribution in [1.29, 1.82) is 0 Å². The quantitative estimate of drug-likeness (QED) is 0.222. The smallest absolute Gasteiger partial charge is 0.259 e. The van der Waals surface area contributed by atoms with E-state index < -0.39 is 0 Å². The van der Waals surface area contributed by atoms with Gasteiger partial charge in [-0.15, -0.1) is 5.10 Å². The van der Waals surface area contributed by atoms with Crippen LogP contribution in [-0.2, 0) is 4.79 Å². The number of ether oxygens (including phenoxy) is 1. The van der Waals surface area contributed by atoms with Crippen LogP contribution in [0.3, 0.4) is 0 Å². The predicted molar refractivity (Wildman–Crippen MR) is 151 cm³/mol. The molecule has 218 valence electrons. The lowest BCUT2D eigenvalue weighted by molar-refractivity contribution is -0.123. The SMILES string of the molecule is CN(C)CCNC(=O)COc1ccc(N2CCN(CCNc3nc(N)n4nc(-c5ccco5)nc4n3)CC2)c(F)c1. The molecule has 5 rings (SSSR count). The molecule has 4 N–H and O–H groups in total. The van der Waals surface area contributed by atoms with Gasteiger partial charge in [0.25, 0.3) is 11.7 Å². The van der Waals surface area contributed by atoms with E-state index in [0.29, 0.717) is 60.9 Å². The highest BCUT2D eigenvalue weighted by molar-refractivity contribution is 5.77. The minimum absolute atomic E-state index is 0.157. The molecule has 1 aliphatic heterocycles. The van der Waals surface area contributed by atoms with E-state index in [1.807, 2.05) is 23.9 Å². The van der Waals surface area contributed by atoms with Crippen LogP contribution >= 0.6 is 0 Å². The lowest BCUT2D eigenvalue weighted by Crippen LogP contribution is -2.48. The lowest BCUT2D eigenvalue weighted by atomic mass is 10.2. The molecule has 1 fully saturated rings. The van der Waals surface area contributed by atoms with Crippen molar-refractivity contribution in [3.8, 4) is 17.3 Å². The minimum Gasteiger partial charge on any atom is -0.484 e. The Morgan fingerprint density at radius 2 is 1.98 bits per heavy atom. The summed E-state index contributed by atoms with van der Waals surface area (Å²) in [5.74, 6) is 1.45. The number of piperazine rings is 1. The second kappa shape index (κ2) is 12.8. The first-order chi connectivity index (χ1) is 19.9. The van der Waals surface area contributed by atoms with Crippen molar-refractivity contribution < 1.29 is 18.3 Å². The number of furan rings is 1. The van der Waals surface area contributed by atoms with E-state index in [1.54, 1.807) is 30.5 Å². The van der Waals surface area contributed by atoms with Gasteiger partial charge in [-0.2, -0.15) is 19.5 Å². The first-order valence-electron chi connectivity index (χ1n) is 13.3. The van der Waals surface area contributed by atoms with Crippen LogP contribution in [0.4, 0.5) is 22.0 Å². The fourth-order valence-corrected chi connectivity index (χ4v) is 4.39. The van der Waals surface area contributed by atoms with E-state index in [2.05, 4.69) is 35.6 Å². The van der Waals surface area contributed by atoms with Crippen molar-refractivity contribution in [2.45, 2.75) is 0 Å². The van der Waals surface area contributed by atoms with E-state index >= 15 is 0 Å². The maximum atomic E-state index is 14.9. The summed E-state index contributed by atoms with van der Waals surface area (Å²) in [6.07, 6.45) is 1.55. The van der Waals surface area contributed by atoms with Gasteiger partial charge in [0.2, 0.25) is 17.7 Å². The van der Waals surface area contributed by atoms with Crippen LogP contribution in [0.5, 0.6) is 5.75 Å². The summed E-state index contributed by atoms with van der Waals surface area (Å²) in [6.45, 7) is 5.34. The number of nitrogens with one attached hydrogen (secondary N) is 2. The van der Waals surface area contributed by atoms with Gasteiger partial charge in [-0.25, -0.2) is 4.39 Å². The van der Waals surface area contributed by atoms with Crippen molar-refractivity contribution in [1.82, 2.24) is 39.7 Å². The van der Waals surface area contributed by atoms with Crippen molar-refractivity contribution >= 4 is 29.3 Å². The second-order valence-electron chi connectivity index (χ2n) is 9.84. The summed E-state index contributed by atoms with van der Waals surface area (Å²) in [7, 11) is 3.86. The highest BCUT2D eigenvalue weighted by Gasteiger charge is 2.20. The molecule has 1 amide bonds. The Balaban J connectivity index is 1.06. The molecular formula is C26H34FN11O3. The maximum Gasteiger partial charge on any atom is 0.259 e. The number of halogens is 1. The molecule has 0 saturated carbocycles. The number of nitrogen functional groups attached to an aromatic ring is 1. The van der Waals surface area contributed by atoms with E-state index in [4.69, 9.17) is 14.9 Å². The van der Waals surface area contributed by atoms with Gasteiger partial charge in [-0.05, 0) is 38.4 Å². The second-order valence-corrected chi connectivity index (χ2v) is 9.84. The number of anilines is 3. The van der Waals surface area contributed by atoms with Crippen molar-refractivity contribution in [2.24, 2.45) is 0 Å². The summed E-state index contributed by atoms with van der Waals surface area (Å²) in [4.78, 5) is 31.2. The number of aromatic nitrogens is 5. The summed E-state index contributed by atoms with van der Waals surface area (Å²) >= 11 is 0. The molecule has 14 nitrogen and oxygen atoms in total. The number of amides is 1. The summed E-state index contributed by atoms with van der Waals surface area (Å²) in [5, 5.41) is 10.3. The minimum atomic E-state index is -0.376. The number of fused-ring (bicyclic) bond motifs is 1. The number of nitrogens with zero attached hydrogens (tertiary/aromatic N) is 8. The Bertz CT molecular complexity index is 1450. The summed E-state index contributed by atoms with van der Waals surface area (Å²) in [5.41, 5.74) is 6.57. The van der Waals surface area contributed by atoms with E-state index in [0.717, 1.165) is 26.2 Å². The zero-order valence-electron chi connectivity index (χ0n) is 23.1. The zero-order chi connectivity index (χ0) is 28.8. The van der Waals surface area contributed by atoms with Gasteiger partial charge < -0.3 is 35.3 Å². The molecule has 4 aromatic rings. The van der Waals surface area contributed by atoms with Gasteiger partial charge >= 0.3 is 0 Å². The Morgan fingerprint density at radius 1 is 1.15 bits per heavy atom. The first kappa shape index (κ1) is 28.0. The number of benzene rings is 1. The number of hydrogen-bond acceptors (Lipinski definition) is 12. The molecule has 1 saturated heterocycles. The Hall–Kier alpha value is -4.50. The van der Waals surface area contributed by atoms with Crippen molar-refractivity contribution in [2.75, 3.05) is 89.0 Å². The Labute approximate surface area is 236 Å². The summed E-state index contributed by atoms with van der Waals surface area (Å²) in [6, 6.07) is 8.23. The fraction of sp³-hybridized carbons (Fsp3) is 0.423. The molecule has 0 radical (unpaired) electrons. The third kappa shape index (κ3) is 7.18. The van der Waals surface area contributed by atoms with Gasteiger partial charge in [0.15, 0.2) is 12.4 Å². The number of hydrogen-bond donors (Lipinski definition) is 3. The first-order valence-corrected chi connectivity index (χ1v) is 13.3. The van der Waals surface area contributed by atoms with Crippen LogP contribution in [0.15, 0.2) is 41.0 Å². The molecule has 15 heteroatoms. The van der Waals surface area contributed by atoms with Crippen LogP contribution in [0.25, 0.3) is 17.4 Å². The topological polar surface area (TPSA) is 155 Å². The molecule has 1 aliphatic rings. The molecule has 41 heavy (non-hydrogen) atoms. The fourth-order valence-electron chi connectivity index (χ4n) is 4.39. The van der Waals surface area contributed by atoms with E-state index in [9.17, 15) is 9.18 Å². The molecule has 0 atom stereocenters. The van der Waals surface area contributed by atoms with Gasteiger partial charge in [-0.1, -0.05) is 0 Å². The number of rotatable bonds is 12.